The molecule has 0 aliphatic heterocycles. The highest BCUT2D eigenvalue weighted by Gasteiger charge is 2.10. The SMILES string of the molecule is CCC(CO)NC(=O)Nc1ccc(C)cc1F. The summed E-state index contributed by atoms with van der Waals surface area (Å²) in [6.45, 7) is 3.47. The molecule has 0 heterocycles. The van der Waals surface area contributed by atoms with E-state index in [1.807, 2.05) is 6.92 Å². The molecule has 0 spiro atoms. The van der Waals surface area contributed by atoms with Crippen LogP contribution in [0.5, 0.6) is 0 Å². The first-order valence-electron chi connectivity index (χ1n) is 5.51. The molecule has 17 heavy (non-hydrogen) atoms. The minimum Gasteiger partial charge on any atom is -0.394 e. The monoisotopic (exact) mass is 240 g/mol. The molecule has 94 valence electrons. The number of rotatable bonds is 4. The Morgan fingerprint density at radius 3 is 2.76 bits per heavy atom. The Morgan fingerprint density at radius 1 is 1.53 bits per heavy atom. The highest BCUT2D eigenvalue weighted by molar-refractivity contribution is 5.89. The lowest BCUT2D eigenvalue weighted by molar-refractivity contribution is 0.222. The van der Waals surface area contributed by atoms with E-state index in [1.54, 1.807) is 13.0 Å². The van der Waals surface area contributed by atoms with E-state index in [-0.39, 0.29) is 18.3 Å². The highest BCUT2D eigenvalue weighted by atomic mass is 19.1. The molecule has 0 fully saturated rings. The molecule has 1 aromatic rings. The molecule has 3 N–H and O–H groups in total. The summed E-state index contributed by atoms with van der Waals surface area (Å²) < 4.78 is 13.4. The molecule has 0 saturated carbocycles. The molecule has 0 bridgehead atoms. The van der Waals surface area contributed by atoms with Crippen molar-refractivity contribution in [1.29, 1.82) is 0 Å². The number of hydrogen-bond donors (Lipinski definition) is 3. The largest absolute Gasteiger partial charge is 0.394 e. The van der Waals surface area contributed by atoms with Gasteiger partial charge in [-0.05, 0) is 31.0 Å². The quantitative estimate of drug-likeness (QED) is 0.754. The van der Waals surface area contributed by atoms with Gasteiger partial charge in [0.15, 0.2) is 0 Å². The van der Waals surface area contributed by atoms with Crippen molar-refractivity contribution in [3.8, 4) is 0 Å². The molecular formula is C12H17FN2O2. The van der Waals surface area contributed by atoms with Crippen LogP contribution in [0.1, 0.15) is 18.9 Å². The number of nitrogens with one attached hydrogen (secondary N) is 2. The maximum atomic E-state index is 13.4. The van der Waals surface area contributed by atoms with Gasteiger partial charge in [0.25, 0.3) is 0 Å². The fourth-order valence-corrected chi connectivity index (χ4v) is 1.34. The molecule has 0 saturated heterocycles. The van der Waals surface area contributed by atoms with Crippen LogP contribution in [-0.4, -0.2) is 23.8 Å². The van der Waals surface area contributed by atoms with E-state index >= 15 is 0 Å². The van der Waals surface area contributed by atoms with E-state index < -0.39 is 11.8 Å². The molecule has 5 heteroatoms. The van der Waals surface area contributed by atoms with Crippen LogP contribution in [0.4, 0.5) is 14.9 Å². The first-order valence-corrected chi connectivity index (χ1v) is 5.51. The molecule has 1 unspecified atom stereocenters. The number of hydrogen-bond acceptors (Lipinski definition) is 2. The number of aryl methyl sites for hydroxylation is 1. The van der Waals surface area contributed by atoms with Gasteiger partial charge in [-0.1, -0.05) is 13.0 Å². The van der Waals surface area contributed by atoms with E-state index in [0.29, 0.717) is 6.42 Å². The van der Waals surface area contributed by atoms with Gasteiger partial charge in [-0.15, -0.1) is 0 Å². The number of benzene rings is 1. The highest BCUT2D eigenvalue weighted by Crippen LogP contribution is 2.14. The summed E-state index contributed by atoms with van der Waals surface area (Å²) in [5.74, 6) is -0.475. The summed E-state index contributed by atoms with van der Waals surface area (Å²) in [7, 11) is 0. The molecule has 0 aliphatic rings. The lowest BCUT2D eigenvalue weighted by atomic mass is 10.2. The Kier molecular flexibility index (Phi) is 4.90. The van der Waals surface area contributed by atoms with Crippen LogP contribution in [-0.2, 0) is 0 Å². The second-order valence-electron chi connectivity index (χ2n) is 3.87. The van der Waals surface area contributed by atoms with E-state index in [9.17, 15) is 9.18 Å². The van der Waals surface area contributed by atoms with Gasteiger partial charge in [-0.3, -0.25) is 0 Å². The van der Waals surface area contributed by atoms with Crippen LogP contribution in [0.2, 0.25) is 0 Å². The predicted molar refractivity (Wildman–Crippen MR) is 64.5 cm³/mol. The number of urea groups is 1. The van der Waals surface area contributed by atoms with Gasteiger partial charge in [0.05, 0.1) is 18.3 Å². The topological polar surface area (TPSA) is 61.4 Å². The number of halogens is 1. The Labute approximate surface area is 99.8 Å². The summed E-state index contributed by atoms with van der Waals surface area (Å²) in [5.41, 5.74) is 0.913. The third kappa shape index (κ3) is 4.03. The van der Waals surface area contributed by atoms with Crippen LogP contribution >= 0.6 is 0 Å². The average Bonchev–Trinajstić information content (AvgIpc) is 2.29. The Bertz CT molecular complexity index is 392. The van der Waals surface area contributed by atoms with Crippen LogP contribution in [0.25, 0.3) is 0 Å². The van der Waals surface area contributed by atoms with Gasteiger partial charge in [0.1, 0.15) is 5.82 Å². The molecule has 0 radical (unpaired) electrons. The van der Waals surface area contributed by atoms with Gasteiger partial charge >= 0.3 is 6.03 Å². The minimum absolute atomic E-state index is 0.126. The fourth-order valence-electron chi connectivity index (χ4n) is 1.34. The van der Waals surface area contributed by atoms with Crippen molar-refractivity contribution in [2.75, 3.05) is 11.9 Å². The Balaban J connectivity index is 2.62. The van der Waals surface area contributed by atoms with Gasteiger partial charge in [0.2, 0.25) is 0 Å². The van der Waals surface area contributed by atoms with E-state index in [2.05, 4.69) is 10.6 Å². The maximum Gasteiger partial charge on any atom is 0.319 e. The average molecular weight is 240 g/mol. The molecule has 0 aromatic heterocycles. The number of carbonyl (C=O) groups is 1. The first-order chi connectivity index (χ1) is 8.06. The normalized spacial score (nSPS) is 12.0. The minimum atomic E-state index is -0.520. The molecular weight excluding hydrogens is 223 g/mol. The second kappa shape index (κ2) is 6.20. The zero-order chi connectivity index (χ0) is 12.8. The standard InChI is InChI=1S/C12H17FN2O2/c1-3-9(7-16)14-12(17)15-11-5-4-8(2)6-10(11)13/h4-6,9,16H,3,7H2,1-2H3,(H2,14,15,17). The van der Waals surface area contributed by atoms with Gasteiger partial charge in [0, 0.05) is 0 Å². The first kappa shape index (κ1) is 13.4. The molecule has 1 atom stereocenters. The molecule has 0 aliphatic carbocycles. The summed E-state index contributed by atoms with van der Waals surface area (Å²) in [6.07, 6.45) is 0.611. The number of carbonyl (C=O) groups excluding carboxylic acids is 1. The van der Waals surface area contributed by atoms with Gasteiger partial charge in [-0.25, -0.2) is 9.18 Å². The molecule has 1 aromatic carbocycles. The van der Waals surface area contributed by atoms with Crippen LogP contribution in [0.3, 0.4) is 0 Å². The van der Waals surface area contributed by atoms with Crippen molar-refractivity contribution in [2.24, 2.45) is 0 Å². The van der Waals surface area contributed by atoms with Crippen molar-refractivity contribution in [3.05, 3.63) is 29.6 Å². The smallest absolute Gasteiger partial charge is 0.319 e. The van der Waals surface area contributed by atoms with Gasteiger partial charge < -0.3 is 15.7 Å². The van der Waals surface area contributed by atoms with Crippen molar-refractivity contribution >= 4 is 11.7 Å². The zero-order valence-electron chi connectivity index (χ0n) is 9.96. The predicted octanol–water partition coefficient (Wildman–Crippen LogP) is 2.03. The molecule has 1 rings (SSSR count). The summed E-state index contributed by atoms with van der Waals surface area (Å²) in [4.78, 5) is 11.5. The van der Waals surface area contributed by atoms with Crippen molar-refractivity contribution in [1.82, 2.24) is 5.32 Å². The van der Waals surface area contributed by atoms with Crippen molar-refractivity contribution in [2.45, 2.75) is 26.3 Å². The van der Waals surface area contributed by atoms with Crippen LogP contribution in [0.15, 0.2) is 18.2 Å². The lowest BCUT2D eigenvalue weighted by Crippen LogP contribution is -2.39. The number of anilines is 1. The number of amides is 2. The zero-order valence-corrected chi connectivity index (χ0v) is 9.96. The fraction of sp³-hybridized carbons (Fsp3) is 0.417. The van der Waals surface area contributed by atoms with E-state index in [1.165, 1.54) is 12.1 Å². The number of aliphatic hydroxyl groups is 1. The van der Waals surface area contributed by atoms with Gasteiger partial charge in [-0.2, -0.15) is 0 Å². The van der Waals surface area contributed by atoms with Crippen LogP contribution in [0, 0.1) is 12.7 Å². The third-order valence-electron chi connectivity index (χ3n) is 2.42. The third-order valence-corrected chi connectivity index (χ3v) is 2.42. The second-order valence-corrected chi connectivity index (χ2v) is 3.87. The van der Waals surface area contributed by atoms with Crippen molar-refractivity contribution < 1.29 is 14.3 Å². The maximum absolute atomic E-state index is 13.4. The van der Waals surface area contributed by atoms with Crippen molar-refractivity contribution in [3.63, 3.8) is 0 Å². The molecule has 2 amide bonds. The number of aliphatic hydroxyl groups excluding tert-OH is 1. The lowest BCUT2D eigenvalue weighted by Gasteiger charge is -2.15. The van der Waals surface area contributed by atoms with E-state index in [0.717, 1.165) is 5.56 Å². The van der Waals surface area contributed by atoms with Crippen LogP contribution < -0.4 is 10.6 Å². The Hall–Kier alpha value is -1.62. The summed E-state index contributed by atoms with van der Waals surface area (Å²) in [6, 6.07) is 3.72. The Morgan fingerprint density at radius 2 is 2.24 bits per heavy atom. The summed E-state index contributed by atoms with van der Waals surface area (Å²) in [5, 5.41) is 13.9. The molecule has 4 nitrogen and oxygen atoms in total. The summed E-state index contributed by atoms with van der Waals surface area (Å²) >= 11 is 0. The van der Waals surface area contributed by atoms with E-state index in [4.69, 9.17) is 5.11 Å².